The smallest absolute Gasteiger partial charge is 0.342 e. The van der Waals surface area contributed by atoms with Crippen molar-refractivity contribution in [1.82, 2.24) is 0 Å². The van der Waals surface area contributed by atoms with Gasteiger partial charge in [0.25, 0.3) is 0 Å². The molecule has 2 rings (SSSR count). The number of methoxy groups -OCH3 is 2. The second kappa shape index (κ2) is 9.91. The van der Waals surface area contributed by atoms with Gasteiger partial charge in [0.05, 0.1) is 14.2 Å². The molecule has 162 valence electrons. The van der Waals surface area contributed by atoms with Gasteiger partial charge >= 0.3 is 23.9 Å². The van der Waals surface area contributed by atoms with Gasteiger partial charge in [0, 0.05) is 17.5 Å². The van der Waals surface area contributed by atoms with Crippen LogP contribution in [0.1, 0.15) is 53.2 Å². The molecule has 1 N–H and O–H groups in total. The predicted molar refractivity (Wildman–Crippen MR) is 103 cm³/mol. The molecule has 1 aliphatic heterocycles. The quantitative estimate of drug-likeness (QED) is 0.277. The van der Waals surface area contributed by atoms with Crippen LogP contribution >= 0.6 is 0 Å². The number of hydrogen-bond acceptors (Lipinski definition) is 8. The number of ether oxygens (including phenoxy) is 4. The zero-order valence-electron chi connectivity index (χ0n) is 17.3. The van der Waals surface area contributed by atoms with Crippen LogP contribution in [0.25, 0.3) is 0 Å². The Balaban J connectivity index is 2.50. The summed E-state index contributed by atoms with van der Waals surface area (Å²) in [5, 5.41) is 8.84. The number of carboxylic acids is 1. The molecule has 0 radical (unpaired) electrons. The maximum atomic E-state index is 12.3. The molecule has 0 unspecified atom stereocenters. The Morgan fingerprint density at radius 1 is 1.13 bits per heavy atom. The highest BCUT2D eigenvalue weighted by Crippen LogP contribution is 2.43. The number of rotatable bonds is 9. The highest BCUT2D eigenvalue weighted by Gasteiger charge is 2.34. The van der Waals surface area contributed by atoms with Crippen LogP contribution in [0, 0.1) is 6.92 Å². The van der Waals surface area contributed by atoms with Gasteiger partial charge in [-0.05, 0) is 32.3 Å². The Morgan fingerprint density at radius 3 is 2.43 bits per heavy atom. The van der Waals surface area contributed by atoms with Crippen molar-refractivity contribution in [2.45, 2.75) is 46.1 Å². The summed E-state index contributed by atoms with van der Waals surface area (Å²) in [6.07, 6.45) is 1.71. The van der Waals surface area contributed by atoms with Crippen LogP contribution in [0.2, 0.25) is 0 Å². The lowest BCUT2D eigenvalue weighted by molar-refractivity contribution is -0.148. The second-order valence-corrected chi connectivity index (χ2v) is 6.77. The summed E-state index contributed by atoms with van der Waals surface area (Å²) in [4.78, 5) is 46.8. The number of hydrogen-bond donors (Lipinski definition) is 1. The summed E-state index contributed by atoms with van der Waals surface area (Å²) in [6, 6.07) is 0. The van der Waals surface area contributed by atoms with Crippen molar-refractivity contribution in [2.75, 3.05) is 14.2 Å². The molecule has 9 heteroatoms. The van der Waals surface area contributed by atoms with Crippen LogP contribution in [0.15, 0.2) is 11.6 Å². The number of aliphatic carboxylic acids is 1. The monoisotopic (exact) mass is 420 g/mol. The molecule has 1 aliphatic rings. The van der Waals surface area contributed by atoms with Crippen LogP contribution in [0.3, 0.4) is 0 Å². The molecule has 0 aromatic heterocycles. The Morgan fingerprint density at radius 2 is 1.83 bits per heavy atom. The van der Waals surface area contributed by atoms with E-state index < -0.39 is 30.3 Å². The van der Waals surface area contributed by atoms with Crippen molar-refractivity contribution < 1.29 is 43.2 Å². The Bertz CT molecular complexity index is 912. The average Bonchev–Trinajstić information content (AvgIpc) is 3.08. The lowest BCUT2D eigenvalue weighted by Crippen LogP contribution is -2.18. The average molecular weight is 420 g/mol. The molecular weight excluding hydrogens is 396 g/mol. The number of benzene rings is 1. The summed E-state index contributed by atoms with van der Waals surface area (Å²) in [7, 11) is 2.60. The number of carbonyl (C=O) groups excluding carboxylic acids is 3. The van der Waals surface area contributed by atoms with E-state index in [9.17, 15) is 19.2 Å². The molecule has 0 amide bonds. The Kier molecular flexibility index (Phi) is 7.57. The largest absolute Gasteiger partial charge is 0.496 e. The first-order valence-corrected chi connectivity index (χ1v) is 9.23. The van der Waals surface area contributed by atoms with Crippen molar-refractivity contribution in [2.24, 2.45) is 0 Å². The van der Waals surface area contributed by atoms with Crippen molar-refractivity contribution in [3.63, 3.8) is 0 Å². The third-order valence-electron chi connectivity index (χ3n) is 4.75. The topological polar surface area (TPSA) is 125 Å². The highest BCUT2D eigenvalue weighted by atomic mass is 16.6. The van der Waals surface area contributed by atoms with Gasteiger partial charge in [-0.15, -0.1) is 0 Å². The maximum absolute atomic E-state index is 12.3. The summed E-state index contributed by atoms with van der Waals surface area (Å²) >= 11 is 0. The fraction of sp³-hybridized carbons (Fsp3) is 0.429. The van der Waals surface area contributed by atoms with Gasteiger partial charge in [-0.25, -0.2) is 4.79 Å². The van der Waals surface area contributed by atoms with E-state index in [1.165, 1.54) is 7.11 Å². The molecule has 0 spiro atoms. The standard InChI is InChI=1S/C21H24O9/c1-11(6-8-15(22)23)5-7-13-19(28-4)12(2)14-10-29-21(26)18(14)20(13)30-17(25)9-16(24)27-3/h5H,6-10H2,1-4H3,(H,22,23). The van der Waals surface area contributed by atoms with Crippen molar-refractivity contribution in [3.8, 4) is 11.5 Å². The molecule has 0 saturated carbocycles. The zero-order valence-corrected chi connectivity index (χ0v) is 17.3. The normalized spacial score (nSPS) is 12.8. The first kappa shape index (κ1) is 22.9. The van der Waals surface area contributed by atoms with Gasteiger partial charge in [-0.3, -0.25) is 14.4 Å². The molecule has 1 aromatic carbocycles. The van der Waals surface area contributed by atoms with E-state index in [-0.39, 0.29) is 30.8 Å². The predicted octanol–water partition coefficient (Wildman–Crippen LogP) is 2.50. The van der Waals surface area contributed by atoms with E-state index in [2.05, 4.69) is 4.74 Å². The Labute approximate surface area is 173 Å². The lowest BCUT2D eigenvalue weighted by Gasteiger charge is -2.18. The molecule has 1 aromatic rings. The SMILES string of the molecule is COC(=O)CC(=O)Oc1c(CC=C(C)CCC(=O)O)c(OC)c(C)c2c1C(=O)OC2. The molecule has 0 bridgehead atoms. The minimum absolute atomic E-state index is 0.0179. The molecule has 1 heterocycles. The lowest BCUT2D eigenvalue weighted by atomic mass is 9.94. The first-order chi connectivity index (χ1) is 14.2. The van der Waals surface area contributed by atoms with Gasteiger partial charge < -0.3 is 24.1 Å². The molecule has 30 heavy (non-hydrogen) atoms. The zero-order chi connectivity index (χ0) is 22.4. The summed E-state index contributed by atoms with van der Waals surface area (Å²) in [6.45, 7) is 3.57. The number of allylic oxidation sites excluding steroid dienone is 2. The summed E-state index contributed by atoms with van der Waals surface area (Å²) < 4.78 is 20.5. The second-order valence-electron chi connectivity index (χ2n) is 6.77. The van der Waals surface area contributed by atoms with Gasteiger partial charge in [0.15, 0.2) is 5.75 Å². The molecular formula is C21H24O9. The van der Waals surface area contributed by atoms with Crippen LogP contribution < -0.4 is 9.47 Å². The molecule has 0 fully saturated rings. The van der Waals surface area contributed by atoms with Gasteiger partial charge in [0.1, 0.15) is 24.3 Å². The van der Waals surface area contributed by atoms with E-state index in [0.29, 0.717) is 28.9 Å². The van der Waals surface area contributed by atoms with Crippen LogP contribution in [0.4, 0.5) is 0 Å². The fourth-order valence-electron chi connectivity index (χ4n) is 3.14. The van der Waals surface area contributed by atoms with E-state index in [1.807, 2.05) is 0 Å². The fourth-order valence-corrected chi connectivity index (χ4v) is 3.14. The minimum atomic E-state index is -0.908. The van der Waals surface area contributed by atoms with Crippen molar-refractivity contribution in [3.05, 3.63) is 33.9 Å². The van der Waals surface area contributed by atoms with Gasteiger partial charge in [0.2, 0.25) is 0 Å². The van der Waals surface area contributed by atoms with Crippen molar-refractivity contribution >= 4 is 23.9 Å². The van der Waals surface area contributed by atoms with Gasteiger partial charge in [-0.1, -0.05) is 11.6 Å². The van der Waals surface area contributed by atoms with E-state index in [1.54, 1.807) is 19.9 Å². The molecule has 9 nitrogen and oxygen atoms in total. The summed E-state index contributed by atoms with van der Waals surface area (Å²) in [5.74, 6) is -2.80. The van der Waals surface area contributed by atoms with Gasteiger partial charge in [-0.2, -0.15) is 0 Å². The Hall–Kier alpha value is -3.36. The number of esters is 3. The molecule has 0 aliphatic carbocycles. The number of fused-ring (bicyclic) bond motifs is 1. The third kappa shape index (κ3) is 5.16. The number of carbonyl (C=O) groups is 4. The number of carboxylic acid groups (broad SMARTS) is 1. The van der Waals surface area contributed by atoms with Crippen molar-refractivity contribution in [1.29, 1.82) is 0 Å². The molecule has 0 atom stereocenters. The number of cyclic esters (lactones) is 1. The minimum Gasteiger partial charge on any atom is -0.496 e. The van der Waals surface area contributed by atoms with E-state index in [0.717, 1.165) is 12.7 Å². The third-order valence-corrected chi connectivity index (χ3v) is 4.75. The summed E-state index contributed by atoms with van der Waals surface area (Å²) in [5.41, 5.74) is 2.59. The first-order valence-electron chi connectivity index (χ1n) is 9.23. The van der Waals surface area contributed by atoms with E-state index in [4.69, 9.17) is 19.3 Å². The van der Waals surface area contributed by atoms with Crippen LogP contribution in [-0.4, -0.2) is 43.2 Å². The molecule has 0 saturated heterocycles. The maximum Gasteiger partial charge on any atom is 0.342 e. The highest BCUT2D eigenvalue weighted by molar-refractivity contribution is 6.00. The van der Waals surface area contributed by atoms with Crippen LogP contribution in [0.5, 0.6) is 11.5 Å². The van der Waals surface area contributed by atoms with Crippen LogP contribution in [-0.2, 0) is 36.9 Å². The van der Waals surface area contributed by atoms with E-state index >= 15 is 0 Å².